The van der Waals surface area contributed by atoms with E-state index in [1.54, 1.807) is 30.3 Å². The van der Waals surface area contributed by atoms with Crippen molar-refractivity contribution in [2.45, 2.75) is 0 Å². The van der Waals surface area contributed by atoms with Crippen molar-refractivity contribution >= 4 is 45.1 Å². The number of hydrogen-bond acceptors (Lipinski definition) is 3. The highest BCUT2D eigenvalue weighted by Gasteiger charge is 2.21. The molecule has 0 atom stereocenters. The Bertz CT molecular complexity index is 676. The molecule has 1 aromatic heterocycles. The van der Waals surface area contributed by atoms with Crippen molar-refractivity contribution < 1.29 is 14.7 Å². The van der Waals surface area contributed by atoms with Gasteiger partial charge >= 0.3 is 5.97 Å². The summed E-state index contributed by atoms with van der Waals surface area (Å²) in [5, 5.41) is 9.43. The zero-order valence-corrected chi connectivity index (χ0v) is 13.0. The van der Waals surface area contributed by atoms with E-state index < -0.39 is 18.4 Å². The van der Waals surface area contributed by atoms with Gasteiger partial charge in [-0.1, -0.05) is 17.7 Å². The molecule has 21 heavy (non-hydrogen) atoms. The second kappa shape index (κ2) is 6.69. The van der Waals surface area contributed by atoms with Gasteiger partial charge in [0.25, 0.3) is 5.91 Å². The maximum atomic E-state index is 12.5. The van der Waals surface area contributed by atoms with Gasteiger partial charge in [-0.05, 0) is 46.3 Å². The lowest BCUT2D eigenvalue weighted by molar-refractivity contribution is -0.135. The lowest BCUT2D eigenvalue weighted by atomic mass is 10.2. The molecule has 0 radical (unpaired) electrons. The van der Waals surface area contributed by atoms with E-state index >= 15 is 0 Å². The fraction of sp³-hybridized carbons (Fsp3) is 0.0714. The molecule has 0 bridgehead atoms. The first-order chi connectivity index (χ1) is 9.97. The minimum Gasteiger partial charge on any atom is -0.480 e. The third kappa shape index (κ3) is 4.03. The monoisotopic (exact) mass is 368 g/mol. The summed E-state index contributed by atoms with van der Waals surface area (Å²) < 4.78 is 0.589. The van der Waals surface area contributed by atoms with Crippen LogP contribution in [-0.4, -0.2) is 28.5 Å². The molecule has 0 spiro atoms. The van der Waals surface area contributed by atoms with Gasteiger partial charge in [0.15, 0.2) is 0 Å². The number of amides is 1. The molecule has 0 unspecified atom stereocenters. The Morgan fingerprint density at radius 1 is 1.29 bits per heavy atom. The topological polar surface area (TPSA) is 70.5 Å². The first-order valence-corrected chi connectivity index (χ1v) is 7.05. The number of hydrogen-bond donors (Lipinski definition) is 1. The van der Waals surface area contributed by atoms with E-state index in [1.807, 2.05) is 0 Å². The third-order valence-corrected chi connectivity index (χ3v) is 3.34. The lowest BCUT2D eigenvalue weighted by Crippen LogP contribution is -2.35. The van der Waals surface area contributed by atoms with Crippen LogP contribution in [0.1, 0.15) is 10.4 Å². The van der Waals surface area contributed by atoms with Gasteiger partial charge in [0.1, 0.15) is 11.1 Å². The van der Waals surface area contributed by atoms with Crippen molar-refractivity contribution in [2.24, 2.45) is 0 Å². The number of carbonyl (C=O) groups excluding carboxylic acids is 1. The van der Waals surface area contributed by atoms with Crippen LogP contribution in [-0.2, 0) is 4.79 Å². The highest BCUT2D eigenvalue weighted by Crippen LogP contribution is 2.21. The summed E-state index contributed by atoms with van der Waals surface area (Å²) in [6, 6.07) is 9.64. The van der Waals surface area contributed by atoms with Crippen LogP contribution >= 0.6 is 27.5 Å². The van der Waals surface area contributed by atoms with E-state index in [0.717, 1.165) is 4.90 Å². The van der Waals surface area contributed by atoms with Gasteiger partial charge in [0.05, 0.1) is 5.56 Å². The minimum absolute atomic E-state index is 0.291. The quantitative estimate of drug-likeness (QED) is 0.840. The number of carbonyl (C=O) groups is 2. The number of carboxylic acids is 1. The summed E-state index contributed by atoms with van der Waals surface area (Å²) in [5.74, 6) is -1.58. The molecule has 1 aromatic carbocycles. The Morgan fingerprint density at radius 2 is 2.05 bits per heavy atom. The van der Waals surface area contributed by atoms with Gasteiger partial charge in [-0.2, -0.15) is 0 Å². The third-order valence-electron chi connectivity index (χ3n) is 2.63. The summed E-state index contributed by atoms with van der Waals surface area (Å²) in [4.78, 5) is 28.6. The molecule has 1 heterocycles. The summed E-state index contributed by atoms with van der Waals surface area (Å²) in [7, 11) is 0. The Hall–Kier alpha value is -1.92. The first-order valence-electron chi connectivity index (χ1n) is 5.88. The van der Waals surface area contributed by atoms with Crippen molar-refractivity contribution in [1.82, 2.24) is 4.98 Å². The van der Waals surface area contributed by atoms with Gasteiger partial charge in [0, 0.05) is 16.9 Å². The van der Waals surface area contributed by atoms with E-state index in [0.29, 0.717) is 20.9 Å². The average Bonchev–Trinajstić information content (AvgIpc) is 2.44. The van der Waals surface area contributed by atoms with Gasteiger partial charge in [0.2, 0.25) is 0 Å². The smallest absolute Gasteiger partial charge is 0.323 e. The number of rotatable bonds is 4. The molecule has 0 saturated heterocycles. The van der Waals surface area contributed by atoms with E-state index in [9.17, 15) is 9.59 Å². The van der Waals surface area contributed by atoms with Gasteiger partial charge in [-0.3, -0.25) is 14.5 Å². The molecule has 0 aliphatic carbocycles. The lowest BCUT2D eigenvalue weighted by Gasteiger charge is -2.21. The Balaban J connectivity index is 2.38. The van der Waals surface area contributed by atoms with Crippen LogP contribution in [0, 0.1) is 0 Å². The predicted molar refractivity (Wildman–Crippen MR) is 82.7 cm³/mol. The molecule has 0 fully saturated rings. The molecule has 7 heteroatoms. The predicted octanol–water partition coefficient (Wildman–Crippen LogP) is 3.23. The zero-order valence-electron chi connectivity index (χ0n) is 10.7. The molecule has 2 rings (SSSR count). The molecule has 1 N–H and O–H groups in total. The maximum Gasteiger partial charge on any atom is 0.323 e. The number of nitrogens with zero attached hydrogens (tertiary/aromatic N) is 2. The number of carboxylic acid groups (broad SMARTS) is 1. The molecule has 1 amide bonds. The van der Waals surface area contributed by atoms with Crippen LogP contribution in [0.15, 0.2) is 47.2 Å². The SMILES string of the molecule is O=C(O)CN(C(=O)c1ccc(Br)nc1)c1cccc(Cl)c1. The normalized spacial score (nSPS) is 10.2. The summed E-state index contributed by atoms with van der Waals surface area (Å²) in [6.45, 7) is -0.463. The van der Waals surface area contributed by atoms with Gasteiger partial charge < -0.3 is 5.11 Å². The molecule has 2 aromatic rings. The second-order valence-corrected chi connectivity index (χ2v) is 5.38. The van der Waals surface area contributed by atoms with Crippen molar-refractivity contribution in [1.29, 1.82) is 0 Å². The molecule has 108 valence electrons. The molecular weight excluding hydrogens is 360 g/mol. The average molecular weight is 370 g/mol. The Labute approximate surface area is 134 Å². The molecule has 5 nitrogen and oxygen atoms in total. The highest BCUT2D eigenvalue weighted by molar-refractivity contribution is 9.10. The molecule has 0 aliphatic heterocycles. The van der Waals surface area contributed by atoms with Gasteiger partial charge in [-0.15, -0.1) is 0 Å². The van der Waals surface area contributed by atoms with Crippen molar-refractivity contribution in [3.8, 4) is 0 Å². The van der Waals surface area contributed by atoms with Crippen molar-refractivity contribution in [3.63, 3.8) is 0 Å². The standard InChI is InChI=1S/C14H10BrClN2O3/c15-12-5-4-9(7-17-12)14(21)18(8-13(19)20)11-3-1-2-10(16)6-11/h1-7H,8H2,(H,19,20). The van der Waals surface area contributed by atoms with Crippen LogP contribution in [0.4, 0.5) is 5.69 Å². The first kappa shape index (κ1) is 15.5. The fourth-order valence-electron chi connectivity index (χ4n) is 1.72. The minimum atomic E-state index is -1.12. The summed E-state index contributed by atoms with van der Waals surface area (Å²) in [6.07, 6.45) is 1.38. The van der Waals surface area contributed by atoms with E-state index in [-0.39, 0.29) is 0 Å². The Kier molecular flexibility index (Phi) is 4.93. The number of pyridine rings is 1. The number of aliphatic carboxylic acids is 1. The molecule has 0 saturated carbocycles. The van der Waals surface area contributed by atoms with Crippen molar-refractivity contribution in [3.05, 3.63) is 57.8 Å². The van der Waals surface area contributed by atoms with Crippen LogP contribution in [0.3, 0.4) is 0 Å². The number of aromatic nitrogens is 1. The molecular formula is C14H10BrClN2O3. The van der Waals surface area contributed by atoms with Crippen molar-refractivity contribution in [2.75, 3.05) is 11.4 Å². The van der Waals surface area contributed by atoms with E-state index in [2.05, 4.69) is 20.9 Å². The van der Waals surface area contributed by atoms with Crippen LogP contribution in [0.2, 0.25) is 5.02 Å². The van der Waals surface area contributed by atoms with Crippen LogP contribution < -0.4 is 4.90 Å². The number of halogens is 2. The second-order valence-electron chi connectivity index (χ2n) is 4.13. The highest BCUT2D eigenvalue weighted by atomic mass is 79.9. The van der Waals surface area contributed by atoms with Crippen LogP contribution in [0.25, 0.3) is 0 Å². The van der Waals surface area contributed by atoms with E-state index in [1.165, 1.54) is 12.3 Å². The summed E-state index contributed by atoms with van der Waals surface area (Å²) in [5.41, 5.74) is 0.706. The van der Waals surface area contributed by atoms with E-state index in [4.69, 9.17) is 16.7 Å². The van der Waals surface area contributed by atoms with Crippen LogP contribution in [0.5, 0.6) is 0 Å². The summed E-state index contributed by atoms with van der Waals surface area (Å²) >= 11 is 9.07. The Morgan fingerprint density at radius 3 is 2.62 bits per heavy atom. The zero-order chi connectivity index (χ0) is 15.4. The fourth-order valence-corrected chi connectivity index (χ4v) is 2.14. The largest absolute Gasteiger partial charge is 0.480 e. The number of anilines is 1. The van der Waals surface area contributed by atoms with Gasteiger partial charge in [-0.25, -0.2) is 4.98 Å². The number of benzene rings is 1. The molecule has 0 aliphatic rings. The maximum absolute atomic E-state index is 12.5.